The third-order valence-electron chi connectivity index (χ3n) is 2.50. The number of aliphatic imine (C=N–C) groups is 1. The van der Waals surface area contributed by atoms with E-state index in [0.717, 1.165) is 11.3 Å². The largest absolute Gasteiger partial charge is 0.390 e. The minimum Gasteiger partial charge on any atom is -0.357 e. The molecule has 7 heteroatoms. The molecular weight excluding hydrogens is 287 g/mol. The van der Waals surface area contributed by atoms with E-state index in [0.29, 0.717) is 19.0 Å². The number of halogens is 3. The number of aryl methyl sites for hydroxylation is 1. The standard InChI is InChI=1S/C13H20F3N3S/c1-3-10-5-6-11(20-10)9-19-12(17-4-2)18-8-7-13(14,15)16/h5-6H,3-4,7-9H2,1-2H3,(H2,17,18,19). The second-order valence-corrected chi connectivity index (χ2v) is 5.46. The van der Waals surface area contributed by atoms with Gasteiger partial charge in [0.25, 0.3) is 0 Å². The van der Waals surface area contributed by atoms with Gasteiger partial charge in [0.15, 0.2) is 5.96 Å². The number of hydrogen-bond donors (Lipinski definition) is 2. The van der Waals surface area contributed by atoms with Gasteiger partial charge in [0.2, 0.25) is 0 Å². The predicted molar refractivity (Wildman–Crippen MR) is 77.2 cm³/mol. The highest BCUT2D eigenvalue weighted by Crippen LogP contribution is 2.18. The lowest BCUT2D eigenvalue weighted by Gasteiger charge is -2.12. The quantitative estimate of drug-likeness (QED) is 0.625. The molecule has 1 aromatic rings. The summed E-state index contributed by atoms with van der Waals surface area (Å²) in [5.41, 5.74) is 0. The molecular formula is C13H20F3N3S. The van der Waals surface area contributed by atoms with Crippen LogP contribution in [-0.2, 0) is 13.0 Å². The van der Waals surface area contributed by atoms with Crippen molar-refractivity contribution in [2.45, 2.75) is 39.4 Å². The van der Waals surface area contributed by atoms with Gasteiger partial charge in [0.05, 0.1) is 13.0 Å². The molecule has 0 saturated carbocycles. The van der Waals surface area contributed by atoms with Crippen molar-refractivity contribution in [3.8, 4) is 0 Å². The summed E-state index contributed by atoms with van der Waals surface area (Å²) in [6.45, 7) is 4.89. The van der Waals surface area contributed by atoms with E-state index in [-0.39, 0.29) is 6.54 Å². The van der Waals surface area contributed by atoms with Crippen molar-refractivity contribution < 1.29 is 13.2 Å². The Morgan fingerprint density at radius 2 is 1.90 bits per heavy atom. The lowest BCUT2D eigenvalue weighted by Crippen LogP contribution is -2.38. The van der Waals surface area contributed by atoms with Crippen LogP contribution in [0.25, 0.3) is 0 Å². The summed E-state index contributed by atoms with van der Waals surface area (Å²) in [6.07, 6.45) is -4.03. The molecule has 114 valence electrons. The minimum atomic E-state index is -4.14. The number of alkyl halides is 3. The third-order valence-corrected chi connectivity index (χ3v) is 3.72. The van der Waals surface area contributed by atoms with Crippen LogP contribution in [-0.4, -0.2) is 25.2 Å². The Labute approximate surface area is 121 Å². The van der Waals surface area contributed by atoms with Gasteiger partial charge < -0.3 is 10.6 Å². The van der Waals surface area contributed by atoms with E-state index in [2.05, 4.69) is 28.6 Å². The van der Waals surface area contributed by atoms with Crippen LogP contribution in [0.4, 0.5) is 13.2 Å². The molecule has 20 heavy (non-hydrogen) atoms. The Morgan fingerprint density at radius 3 is 2.45 bits per heavy atom. The fraction of sp³-hybridized carbons (Fsp3) is 0.615. The highest BCUT2D eigenvalue weighted by molar-refractivity contribution is 7.11. The second-order valence-electron chi connectivity index (χ2n) is 4.21. The first kappa shape index (κ1) is 16.8. The zero-order valence-corrected chi connectivity index (χ0v) is 12.5. The average Bonchev–Trinajstić information content (AvgIpc) is 2.82. The lowest BCUT2D eigenvalue weighted by molar-refractivity contribution is -0.132. The molecule has 0 spiro atoms. The summed E-state index contributed by atoms with van der Waals surface area (Å²) in [5.74, 6) is 0.420. The van der Waals surface area contributed by atoms with Gasteiger partial charge in [0, 0.05) is 22.8 Å². The van der Waals surface area contributed by atoms with Crippen LogP contribution in [0.2, 0.25) is 0 Å². The summed E-state index contributed by atoms with van der Waals surface area (Å²) in [5, 5.41) is 5.63. The molecule has 1 heterocycles. The molecule has 0 radical (unpaired) electrons. The fourth-order valence-electron chi connectivity index (χ4n) is 1.52. The molecule has 1 aromatic heterocycles. The van der Waals surface area contributed by atoms with E-state index in [1.807, 2.05) is 13.0 Å². The van der Waals surface area contributed by atoms with E-state index in [1.54, 1.807) is 11.3 Å². The predicted octanol–water partition coefficient (Wildman–Crippen LogP) is 3.32. The molecule has 0 amide bonds. The molecule has 0 aliphatic heterocycles. The first-order chi connectivity index (χ1) is 9.44. The molecule has 3 nitrogen and oxygen atoms in total. The van der Waals surface area contributed by atoms with E-state index >= 15 is 0 Å². The van der Waals surface area contributed by atoms with Gasteiger partial charge >= 0.3 is 6.18 Å². The third kappa shape index (κ3) is 6.79. The van der Waals surface area contributed by atoms with Crippen LogP contribution in [0.5, 0.6) is 0 Å². The van der Waals surface area contributed by atoms with Crippen LogP contribution in [0.1, 0.15) is 30.0 Å². The molecule has 0 aliphatic rings. The Kier molecular flexibility index (Phi) is 6.84. The Morgan fingerprint density at radius 1 is 1.20 bits per heavy atom. The average molecular weight is 307 g/mol. The molecule has 0 saturated heterocycles. The Balaban J connectivity index is 2.49. The molecule has 0 bridgehead atoms. The van der Waals surface area contributed by atoms with Crippen LogP contribution < -0.4 is 10.6 Å². The summed E-state index contributed by atoms with van der Waals surface area (Å²) < 4.78 is 36.3. The first-order valence-corrected chi connectivity index (χ1v) is 7.42. The summed E-state index contributed by atoms with van der Waals surface area (Å²) in [6, 6.07) is 4.06. The fourth-order valence-corrected chi connectivity index (χ4v) is 2.40. The molecule has 0 aliphatic carbocycles. The van der Waals surface area contributed by atoms with Crippen molar-refractivity contribution in [2.24, 2.45) is 4.99 Å². The topological polar surface area (TPSA) is 36.4 Å². The SMILES string of the molecule is CCNC(=NCc1ccc(CC)s1)NCCC(F)(F)F. The molecule has 2 N–H and O–H groups in total. The minimum absolute atomic E-state index is 0.167. The summed E-state index contributed by atoms with van der Waals surface area (Å²) >= 11 is 1.68. The number of nitrogens with zero attached hydrogens (tertiary/aromatic N) is 1. The highest BCUT2D eigenvalue weighted by Gasteiger charge is 2.26. The highest BCUT2D eigenvalue weighted by atomic mass is 32.1. The molecule has 0 fully saturated rings. The van der Waals surface area contributed by atoms with Crippen LogP contribution in [0.15, 0.2) is 17.1 Å². The summed E-state index contributed by atoms with van der Waals surface area (Å²) in [4.78, 5) is 6.68. The zero-order valence-electron chi connectivity index (χ0n) is 11.7. The van der Waals surface area contributed by atoms with Gasteiger partial charge in [-0.1, -0.05) is 6.92 Å². The molecule has 0 unspecified atom stereocenters. The monoisotopic (exact) mass is 307 g/mol. The van der Waals surface area contributed by atoms with Crippen molar-refractivity contribution >= 4 is 17.3 Å². The number of hydrogen-bond acceptors (Lipinski definition) is 2. The summed E-state index contributed by atoms with van der Waals surface area (Å²) in [7, 11) is 0. The normalized spacial score (nSPS) is 12.6. The van der Waals surface area contributed by atoms with Crippen LogP contribution >= 0.6 is 11.3 Å². The van der Waals surface area contributed by atoms with E-state index < -0.39 is 12.6 Å². The van der Waals surface area contributed by atoms with Gasteiger partial charge in [-0.05, 0) is 25.5 Å². The molecule has 1 rings (SSSR count). The van der Waals surface area contributed by atoms with Crippen molar-refractivity contribution in [3.63, 3.8) is 0 Å². The first-order valence-electron chi connectivity index (χ1n) is 6.61. The van der Waals surface area contributed by atoms with Gasteiger partial charge in [-0.15, -0.1) is 11.3 Å². The number of guanidine groups is 1. The Hall–Kier alpha value is -1.24. The Bertz CT molecular complexity index is 427. The molecule has 0 aromatic carbocycles. The lowest BCUT2D eigenvalue weighted by atomic mass is 10.4. The number of rotatable bonds is 6. The maximum absolute atomic E-state index is 12.1. The van der Waals surface area contributed by atoms with Crippen LogP contribution in [0, 0.1) is 0 Å². The van der Waals surface area contributed by atoms with Gasteiger partial charge in [-0.2, -0.15) is 13.2 Å². The van der Waals surface area contributed by atoms with Gasteiger partial charge in [-0.25, -0.2) is 4.99 Å². The number of thiophene rings is 1. The van der Waals surface area contributed by atoms with Crippen molar-refractivity contribution in [1.29, 1.82) is 0 Å². The van der Waals surface area contributed by atoms with Crippen molar-refractivity contribution in [3.05, 3.63) is 21.9 Å². The van der Waals surface area contributed by atoms with E-state index in [9.17, 15) is 13.2 Å². The zero-order chi connectivity index (χ0) is 15.0. The van der Waals surface area contributed by atoms with Gasteiger partial charge in [0.1, 0.15) is 0 Å². The maximum Gasteiger partial charge on any atom is 0.390 e. The second kappa shape index (κ2) is 8.14. The smallest absolute Gasteiger partial charge is 0.357 e. The molecule has 0 atom stereocenters. The van der Waals surface area contributed by atoms with Crippen molar-refractivity contribution in [2.75, 3.05) is 13.1 Å². The maximum atomic E-state index is 12.1. The van der Waals surface area contributed by atoms with Crippen molar-refractivity contribution in [1.82, 2.24) is 10.6 Å². The van der Waals surface area contributed by atoms with Gasteiger partial charge in [-0.3, -0.25) is 0 Å². The van der Waals surface area contributed by atoms with E-state index in [1.165, 1.54) is 4.88 Å². The van der Waals surface area contributed by atoms with Crippen LogP contribution in [0.3, 0.4) is 0 Å². The van der Waals surface area contributed by atoms with E-state index in [4.69, 9.17) is 0 Å². The number of nitrogens with one attached hydrogen (secondary N) is 2.